The molecule has 0 fully saturated rings. The fraction of sp³-hybridized carbons (Fsp3) is 0.417. The Bertz CT molecular complexity index is 726. The van der Waals surface area contributed by atoms with E-state index in [-0.39, 0.29) is 13.1 Å². The van der Waals surface area contributed by atoms with Gasteiger partial charge >= 0.3 is 11.9 Å². The van der Waals surface area contributed by atoms with Gasteiger partial charge in [0.2, 0.25) is 0 Å². The van der Waals surface area contributed by atoms with Crippen molar-refractivity contribution in [2.75, 3.05) is 50.8 Å². The van der Waals surface area contributed by atoms with Crippen LogP contribution in [-0.2, 0) is 21.1 Å². The highest BCUT2D eigenvalue weighted by Crippen LogP contribution is 2.13. The summed E-state index contributed by atoms with van der Waals surface area (Å²) >= 11 is 3.55. The summed E-state index contributed by atoms with van der Waals surface area (Å²) in [4.78, 5) is 26.3. The maximum atomic E-state index is 11.3. The van der Waals surface area contributed by atoms with Gasteiger partial charge in [-0.2, -0.15) is 23.5 Å². The van der Waals surface area contributed by atoms with E-state index in [0.29, 0.717) is 26.2 Å². The summed E-state index contributed by atoms with van der Waals surface area (Å²) in [6.45, 7) is 2.33. The zero-order valence-electron chi connectivity index (χ0n) is 18.3. The minimum absolute atomic E-state index is 0.0322. The molecule has 2 aromatic carbocycles. The first-order valence-electron chi connectivity index (χ1n) is 10.6. The Hall–Kier alpha value is -2.00. The van der Waals surface area contributed by atoms with Gasteiger partial charge in [0, 0.05) is 49.2 Å². The molecule has 0 aromatic heterocycles. The van der Waals surface area contributed by atoms with Crippen molar-refractivity contribution >= 4 is 35.5 Å². The van der Waals surface area contributed by atoms with Crippen molar-refractivity contribution in [3.05, 3.63) is 71.8 Å². The minimum atomic E-state index is -0.860. The van der Waals surface area contributed by atoms with Gasteiger partial charge in [0.15, 0.2) is 0 Å². The first kappa shape index (κ1) is 26.3. The SMILES string of the molecule is O=C(O)CN(CCSCc1ccccc1)CCN(CCSCc1ccccc1)CC(=O)O. The molecule has 2 aromatic rings. The highest BCUT2D eigenvalue weighted by molar-refractivity contribution is 7.98. The van der Waals surface area contributed by atoms with Crippen LogP contribution in [0.5, 0.6) is 0 Å². The fourth-order valence-corrected chi connectivity index (χ4v) is 5.04. The largest absolute Gasteiger partial charge is 0.480 e. The van der Waals surface area contributed by atoms with Gasteiger partial charge < -0.3 is 10.2 Å². The summed E-state index contributed by atoms with van der Waals surface area (Å²) < 4.78 is 0. The Morgan fingerprint density at radius 3 is 1.34 bits per heavy atom. The summed E-state index contributed by atoms with van der Waals surface area (Å²) in [5, 5.41) is 18.5. The third kappa shape index (κ3) is 12.1. The Morgan fingerprint density at radius 1 is 0.625 bits per heavy atom. The van der Waals surface area contributed by atoms with E-state index in [1.807, 2.05) is 46.2 Å². The lowest BCUT2D eigenvalue weighted by Crippen LogP contribution is -2.41. The molecule has 0 amide bonds. The molecule has 0 radical (unpaired) electrons. The second-order valence-corrected chi connectivity index (χ2v) is 9.63. The van der Waals surface area contributed by atoms with Crippen LogP contribution in [0.15, 0.2) is 60.7 Å². The number of hydrogen-bond acceptors (Lipinski definition) is 6. The summed E-state index contributed by atoms with van der Waals surface area (Å²) in [7, 11) is 0. The molecule has 0 aliphatic rings. The third-order valence-corrected chi connectivity index (χ3v) is 6.79. The number of thioether (sulfide) groups is 2. The van der Waals surface area contributed by atoms with Crippen molar-refractivity contribution in [2.45, 2.75) is 11.5 Å². The van der Waals surface area contributed by atoms with E-state index in [1.165, 1.54) is 11.1 Å². The molecule has 0 spiro atoms. The summed E-state index contributed by atoms with van der Waals surface area (Å²) in [5.74, 6) is 1.72. The number of carboxylic acid groups (broad SMARTS) is 2. The molecule has 2 rings (SSSR count). The number of aliphatic carboxylic acids is 2. The number of carboxylic acids is 2. The molecule has 0 saturated carbocycles. The van der Waals surface area contributed by atoms with Gasteiger partial charge in [-0.15, -0.1) is 0 Å². The van der Waals surface area contributed by atoms with Crippen LogP contribution in [0.2, 0.25) is 0 Å². The molecular formula is C24H32N2O4S2. The van der Waals surface area contributed by atoms with Crippen LogP contribution >= 0.6 is 23.5 Å². The Morgan fingerprint density at radius 2 is 1.00 bits per heavy atom. The molecule has 0 bridgehead atoms. The topological polar surface area (TPSA) is 81.1 Å². The van der Waals surface area contributed by atoms with Crippen LogP contribution < -0.4 is 0 Å². The normalized spacial score (nSPS) is 11.2. The average molecular weight is 477 g/mol. The molecule has 8 heteroatoms. The van der Waals surface area contributed by atoms with E-state index < -0.39 is 11.9 Å². The number of benzene rings is 2. The van der Waals surface area contributed by atoms with Crippen molar-refractivity contribution in [2.24, 2.45) is 0 Å². The van der Waals surface area contributed by atoms with Gasteiger partial charge in [0.25, 0.3) is 0 Å². The van der Waals surface area contributed by atoms with Crippen molar-refractivity contribution in [3.8, 4) is 0 Å². The lowest BCUT2D eigenvalue weighted by molar-refractivity contribution is -0.140. The monoisotopic (exact) mass is 476 g/mol. The van der Waals surface area contributed by atoms with E-state index in [1.54, 1.807) is 23.5 Å². The summed E-state index contributed by atoms with van der Waals surface area (Å²) in [6, 6.07) is 20.4. The van der Waals surface area contributed by atoms with E-state index in [2.05, 4.69) is 24.3 Å². The first-order chi connectivity index (χ1) is 15.5. The Balaban J connectivity index is 1.74. The van der Waals surface area contributed by atoms with E-state index in [4.69, 9.17) is 0 Å². The molecule has 0 aliphatic carbocycles. The number of carbonyl (C=O) groups is 2. The van der Waals surface area contributed by atoms with Crippen LogP contribution in [0.25, 0.3) is 0 Å². The average Bonchev–Trinajstić information content (AvgIpc) is 2.78. The van der Waals surface area contributed by atoms with Gasteiger partial charge in [0.05, 0.1) is 13.1 Å². The summed E-state index contributed by atoms with van der Waals surface area (Å²) in [6.07, 6.45) is 0. The van der Waals surface area contributed by atoms with E-state index in [0.717, 1.165) is 23.0 Å². The molecule has 2 N–H and O–H groups in total. The number of rotatable bonds is 17. The van der Waals surface area contributed by atoms with Crippen molar-refractivity contribution in [1.82, 2.24) is 9.80 Å². The highest BCUT2D eigenvalue weighted by atomic mass is 32.2. The van der Waals surface area contributed by atoms with Crippen LogP contribution in [-0.4, -0.2) is 82.7 Å². The van der Waals surface area contributed by atoms with Gasteiger partial charge in [-0.1, -0.05) is 60.7 Å². The fourth-order valence-electron chi connectivity index (χ4n) is 3.12. The van der Waals surface area contributed by atoms with E-state index >= 15 is 0 Å². The molecular weight excluding hydrogens is 444 g/mol. The standard InChI is InChI=1S/C24H32N2O4S2/c27-23(28)17-25(13-15-31-19-21-7-3-1-4-8-21)11-12-26(18-24(29)30)14-16-32-20-22-9-5-2-6-10-22/h1-10H,11-20H2,(H,27,28)(H,29,30). The lowest BCUT2D eigenvalue weighted by Gasteiger charge is -2.25. The molecule has 0 aliphatic heterocycles. The zero-order valence-corrected chi connectivity index (χ0v) is 19.9. The maximum Gasteiger partial charge on any atom is 0.317 e. The number of nitrogens with zero attached hydrogens (tertiary/aromatic N) is 2. The predicted molar refractivity (Wildman–Crippen MR) is 133 cm³/mol. The van der Waals surface area contributed by atoms with Gasteiger partial charge in [-0.05, 0) is 11.1 Å². The van der Waals surface area contributed by atoms with Crippen LogP contribution in [0.4, 0.5) is 0 Å². The van der Waals surface area contributed by atoms with Gasteiger partial charge in [0.1, 0.15) is 0 Å². The predicted octanol–water partition coefficient (Wildman–Crippen LogP) is 3.63. The minimum Gasteiger partial charge on any atom is -0.480 e. The molecule has 0 atom stereocenters. The Kier molecular flexibility index (Phi) is 12.9. The van der Waals surface area contributed by atoms with Crippen LogP contribution in [0.3, 0.4) is 0 Å². The second kappa shape index (κ2) is 15.7. The third-order valence-electron chi connectivity index (χ3n) is 4.78. The molecule has 174 valence electrons. The van der Waals surface area contributed by atoms with Crippen LogP contribution in [0, 0.1) is 0 Å². The highest BCUT2D eigenvalue weighted by Gasteiger charge is 2.14. The Labute approximate surface area is 199 Å². The first-order valence-corrected chi connectivity index (χ1v) is 13.0. The second-order valence-electron chi connectivity index (χ2n) is 7.42. The molecule has 0 unspecified atom stereocenters. The zero-order chi connectivity index (χ0) is 23.0. The van der Waals surface area contributed by atoms with Crippen molar-refractivity contribution < 1.29 is 19.8 Å². The quantitative estimate of drug-likeness (QED) is 0.335. The molecule has 6 nitrogen and oxygen atoms in total. The smallest absolute Gasteiger partial charge is 0.317 e. The van der Waals surface area contributed by atoms with E-state index in [9.17, 15) is 19.8 Å². The maximum absolute atomic E-state index is 11.3. The number of hydrogen-bond donors (Lipinski definition) is 2. The lowest BCUT2D eigenvalue weighted by atomic mass is 10.2. The van der Waals surface area contributed by atoms with Gasteiger partial charge in [-0.3, -0.25) is 19.4 Å². The van der Waals surface area contributed by atoms with Crippen LogP contribution in [0.1, 0.15) is 11.1 Å². The van der Waals surface area contributed by atoms with Crippen molar-refractivity contribution in [1.29, 1.82) is 0 Å². The van der Waals surface area contributed by atoms with Crippen molar-refractivity contribution in [3.63, 3.8) is 0 Å². The van der Waals surface area contributed by atoms with Gasteiger partial charge in [-0.25, -0.2) is 0 Å². The molecule has 0 heterocycles. The molecule has 0 saturated heterocycles. The summed E-state index contributed by atoms with van der Waals surface area (Å²) in [5.41, 5.74) is 2.51. The molecule has 32 heavy (non-hydrogen) atoms.